The zero-order chi connectivity index (χ0) is 11.5. The topological polar surface area (TPSA) is 45.1 Å². The molecule has 1 heterocycles. The van der Waals surface area contributed by atoms with Crippen molar-refractivity contribution in [2.45, 2.75) is 19.6 Å². The van der Waals surface area contributed by atoms with Crippen LogP contribution in [0.3, 0.4) is 0 Å². The second kappa shape index (κ2) is 4.48. The fourth-order valence-electron chi connectivity index (χ4n) is 1.06. The molecule has 3 nitrogen and oxygen atoms in total. The van der Waals surface area contributed by atoms with Gasteiger partial charge in [0, 0.05) is 12.2 Å². The molecule has 0 aromatic carbocycles. The first-order chi connectivity index (χ1) is 6.88. The van der Waals surface area contributed by atoms with Crippen LogP contribution in [0.25, 0.3) is 0 Å². The molecule has 0 spiro atoms. The summed E-state index contributed by atoms with van der Waals surface area (Å²) in [6.07, 6.45) is -4.25. The zero-order valence-corrected chi connectivity index (χ0v) is 8.10. The summed E-state index contributed by atoms with van der Waals surface area (Å²) in [5, 5.41) is 11.4. The molecule has 0 saturated heterocycles. The van der Waals surface area contributed by atoms with Gasteiger partial charge in [-0.15, -0.1) is 0 Å². The Morgan fingerprint density at radius 1 is 1.40 bits per heavy atom. The molecule has 0 aliphatic rings. The predicted molar refractivity (Wildman–Crippen MR) is 48.4 cm³/mol. The highest BCUT2D eigenvalue weighted by Crippen LogP contribution is 2.16. The standard InChI is InChI=1S/C9H11F3N2O/c1-6-2-3-8(15)7(14-6)4-13-5-9(10,11)12/h2-3,13,15H,4-5H2,1H3. The molecule has 0 amide bonds. The lowest BCUT2D eigenvalue weighted by atomic mass is 10.3. The lowest BCUT2D eigenvalue weighted by molar-refractivity contribution is -0.125. The van der Waals surface area contributed by atoms with Crippen LogP contribution in [0.5, 0.6) is 5.75 Å². The number of alkyl halides is 3. The number of aryl methyl sites for hydroxylation is 1. The van der Waals surface area contributed by atoms with Gasteiger partial charge in [0.1, 0.15) is 5.75 Å². The third-order valence-electron chi connectivity index (χ3n) is 1.71. The molecule has 1 aromatic heterocycles. The van der Waals surface area contributed by atoms with Crippen molar-refractivity contribution in [3.63, 3.8) is 0 Å². The van der Waals surface area contributed by atoms with E-state index in [-0.39, 0.29) is 18.0 Å². The molecule has 0 radical (unpaired) electrons. The monoisotopic (exact) mass is 220 g/mol. The Labute approximate surface area is 85.0 Å². The molecule has 15 heavy (non-hydrogen) atoms. The molecule has 6 heteroatoms. The summed E-state index contributed by atoms with van der Waals surface area (Å²) >= 11 is 0. The Kier molecular flexibility index (Phi) is 3.52. The third kappa shape index (κ3) is 4.16. The van der Waals surface area contributed by atoms with E-state index in [1.807, 2.05) is 0 Å². The maximum atomic E-state index is 11.8. The SMILES string of the molecule is Cc1ccc(O)c(CNCC(F)(F)F)n1. The fraction of sp³-hybridized carbons (Fsp3) is 0.444. The Morgan fingerprint density at radius 3 is 2.67 bits per heavy atom. The van der Waals surface area contributed by atoms with Crippen molar-refractivity contribution in [3.05, 3.63) is 23.5 Å². The summed E-state index contributed by atoms with van der Waals surface area (Å²) in [6.45, 7) is 0.502. The average molecular weight is 220 g/mol. The molecule has 2 N–H and O–H groups in total. The maximum Gasteiger partial charge on any atom is 0.401 e. The second-order valence-electron chi connectivity index (χ2n) is 3.14. The van der Waals surface area contributed by atoms with E-state index in [1.54, 1.807) is 13.0 Å². The van der Waals surface area contributed by atoms with E-state index in [2.05, 4.69) is 10.3 Å². The maximum absolute atomic E-state index is 11.8. The van der Waals surface area contributed by atoms with Crippen LogP contribution in [0.2, 0.25) is 0 Å². The Morgan fingerprint density at radius 2 is 2.07 bits per heavy atom. The highest BCUT2D eigenvalue weighted by molar-refractivity contribution is 5.27. The Hall–Kier alpha value is -1.30. The van der Waals surface area contributed by atoms with E-state index >= 15 is 0 Å². The summed E-state index contributed by atoms with van der Waals surface area (Å²) in [6, 6.07) is 3.00. The van der Waals surface area contributed by atoms with Crippen molar-refractivity contribution < 1.29 is 18.3 Å². The fourth-order valence-corrected chi connectivity index (χ4v) is 1.06. The van der Waals surface area contributed by atoms with Gasteiger partial charge in [0.2, 0.25) is 0 Å². The number of aromatic hydroxyl groups is 1. The van der Waals surface area contributed by atoms with Crippen LogP contribution in [-0.4, -0.2) is 22.8 Å². The molecule has 1 rings (SSSR count). The van der Waals surface area contributed by atoms with Crippen LogP contribution >= 0.6 is 0 Å². The van der Waals surface area contributed by atoms with Gasteiger partial charge < -0.3 is 10.4 Å². The quantitative estimate of drug-likeness (QED) is 0.815. The summed E-state index contributed by atoms with van der Waals surface area (Å²) in [7, 11) is 0. The van der Waals surface area contributed by atoms with E-state index in [0.29, 0.717) is 5.69 Å². The molecule has 1 aromatic rings. The van der Waals surface area contributed by atoms with Crippen molar-refractivity contribution in [1.29, 1.82) is 0 Å². The van der Waals surface area contributed by atoms with E-state index in [1.165, 1.54) is 6.07 Å². The Bertz CT molecular complexity index is 339. The van der Waals surface area contributed by atoms with Crippen molar-refractivity contribution in [1.82, 2.24) is 10.3 Å². The van der Waals surface area contributed by atoms with Gasteiger partial charge in [-0.25, -0.2) is 0 Å². The number of nitrogens with zero attached hydrogens (tertiary/aromatic N) is 1. The number of aromatic nitrogens is 1. The highest BCUT2D eigenvalue weighted by Gasteiger charge is 2.26. The van der Waals surface area contributed by atoms with Crippen LogP contribution in [0.4, 0.5) is 13.2 Å². The van der Waals surface area contributed by atoms with Crippen LogP contribution in [0.15, 0.2) is 12.1 Å². The molecule has 0 unspecified atom stereocenters. The number of hydrogen-bond donors (Lipinski definition) is 2. The van der Waals surface area contributed by atoms with Gasteiger partial charge >= 0.3 is 6.18 Å². The van der Waals surface area contributed by atoms with Crippen molar-refractivity contribution in [2.75, 3.05) is 6.54 Å². The molecule has 0 saturated carbocycles. The van der Waals surface area contributed by atoms with Crippen LogP contribution < -0.4 is 5.32 Å². The molecule has 84 valence electrons. The zero-order valence-electron chi connectivity index (χ0n) is 8.10. The number of halogens is 3. The van der Waals surface area contributed by atoms with E-state index in [4.69, 9.17) is 0 Å². The first-order valence-electron chi connectivity index (χ1n) is 4.31. The first-order valence-corrected chi connectivity index (χ1v) is 4.31. The van der Waals surface area contributed by atoms with E-state index < -0.39 is 12.7 Å². The highest BCUT2D eigenvalue weighted by atomic mass is 19.4. The van der Waals surface area contributed by atoms with Gasteiger partial charge in [-0.1, -0.05) is 0 Å². The van der Waals surface area contributed by atoms with Crippen molar-refractivity contribution in [3.8, 4) is 5.75 Å². The van der Waals surface area contributed by atoms with Crippen LogP contribution in [-0.2, 0) is 6.54 Å². The largest absolute Gasteiger partial charge is 0.506 e. The van der Waals surface area contributed by atoms with Gasteiger partial charge in [-0.2, -0.15) is 13.2 Å². The van der Waals surface area contributed by atoms with Gasteiger partial charge in [-0.05, 0) is 19.1 Å². The predicted octanol–water partition coefficient (Wildman–Crippen LogP) is 1.75. The molecular weight excluding hydrogens is 209 g/mol. The summed E-state index contributed by atoms with van der Waals surface area (Å²) in [5.41, 5.74) is 0.871. The Balaban J connectivity index is 2.54. The molecule has 0 bridgehead atoms. The molecule has 0 fully saturated rings. The van der Waals surface area contributed by atoms with Gasteiger partial charge in [-0.3, -0.25) is 4.98 Å². The summed E-state index contributed by atoms with van der Waals surface area (Å²) in [5.74, 6) is -0.102. The minimum atomic E-state index is -4.25. The van der Waals surface area contributed by atoms with Gasteiger partial charge in [0.05, 0.1) is 12.2 Å². The van der Waals surface area contributed by atoms with Crippen LogP contribution in [0, 0.1) is 6.92 Å². The number of rotatable bonds is 3. The minimum absolute atomic E-state index is 0.102. The van der Waals surface area contributed by atoms with Crippen molar-refractivity contribution >= 4 is 0 Å². The van der Waals surface area contributed by atoms with Gasteiger partial charge in [0.15, 0.2) is 0 Å². The number of hydrogen-bond acceptors (Lipinski definition) is 3. The number of pyridine rings is 1. The third-order valence-corrected chi connectivity index (χ3v) is 1.71. The normalized spacial score (nSPS) is 11.7. The molecule has 0 aliphatic heterocycles. The second-order valence-corrected chi connectivity index (χ2v) is 3.14. The summed E-state index contributed by atoms with van der Waals surface area (Å²) in [4.78, 5) is 3.91. The molecule has 0 aliphatic carbocycles. The van der Waals surface area contributed by atoms with E-state index in [0.717, 1.165) is 0 Å². The first kappa shape index (κ1) is 11.8. The smallest absolute Gasteiger partial charge is 0.401 e. The summed E-state index contributed by atoms with van der Waals surface area (Å²) < 4.78 is 35.4. The lowest BCUT2D eigenvalue weighted by Crippen LogP contribution is -2.28. The molecule has 0 atom stereocenters. The van der Waals surface area contributed by atoms with Crippen LogP contribution in [0.1, 0.15) is 11.4 Å². The van der Waals surface area contributed by atoms with Crippen molar-refractivity contribution in [2.24, 2.45) is 0 Å². The lowest BCUT2D eigenvalue weighted by Gasteiger charge is -2.09. The molecular formula is C9H11F3N2O. The van der Waals surface area contributed by atoms with E-state index in [9.17, 15) is 18.3 Å². The van der Waals surface area contributed by atoms with Gasteiger partial charge in [0.25, 0.3) is 0 Å². The average Bonchev–Trinajstić information content (AvgIpc) is 2.09. The minimum Gasteiger partial charge on any atom is -0.506 e. The number of nitrogens with one attached hydrogen (secondary N) is 1.